The van der Waals surface area contributed by atoms with E-state index in [1.807, 2.05) is 20.8 Å². The smallest absolute Gasteiger partial charge is 0.230 e. The maximum atomic E-state index is 11.3. The van der Waals surface area contributed by atoms with E-state index in [1.54, 1.807) is 0 Å². The Morgan fingerprint density at radius 1 is 1.31 bits per heavy atom. The number of carbonyl (C=O) groups excluding carboxylic acids is 2. The van der Waals surface area contributed by atoms with Crippen LogP contribution in [0.1, 0.15) is 41.0 Å². The molecule has 13 heavy (non-hydrogen) atoms. The van der Waals surface area contributed by atoms with Crippen molar-refractivity contribution < 1.29 is 9.59 Å². The molecule has 0 aromatic carbocycles. The number of imide groups is 1. The maximum absolute atomic E-state index is 11.3. The van der Waals surface area contributed by atoms with Gasteiger partial charge < -0.3 is 0 Å². The van der Waals surface area contributed by atoms with Crippen molar-refractivity contribution in [2.75, 3.05) is 0 Å². The van der Waals surface area contributed by atoms with Crippen LogP contribution in [-0.2, 0) is 9.59 Å². The first-order valence-electron chi connectivity index (χ1n) is 4.25. The summed E-state index contributed by atoms with van der Waals surface area (Å²) in [4.78, 5) is 22.1. The molecule has 1 unspecified atom stereocenters. The summed E-state index contributed by atoms with van der Waals surface area (Å²) in [6.45, 7) is 6.06. The van der Waals surface area contributed by atoms with E-state index in [9.17, 15) is 9.59 Å². The number of hydrogen-bond donors (Lipinski definition) is 1. The molecule has 0 radical (unpaired) electrons. The normalized spacial score (nSPS) is 23.5. The van der Waals surface area contributed by atoms with Gasteiger partial charge in [0.25, 0.3) is 0 Å². The minimum atomic E-state index is -0.138. The highest BCUT2D eigenvalue weighted by Crippen LogP contribution is 2.31. The highest BCUT2D eigenvalue weighted by molar-refractivity contribution is 5.98. The summed E-state index contributed by atoms with van der Waals surface area (Å²) in [5.74, 6) is -0.269. The van der Waals surface area contributed by atoms with Crippen LogP contribution in [0.4, 0.5) is 0 Å². The third-order valence-electron chi connectivity index (χ3n) is 2.28. The molecule has 0 spiro atoms. The minimum absolute atomic E-state index is 0. The zero-order chi connectivity index (χ0) is 9.35. The molecule has 76 valence electrons. The van der Waals surface area contributed by atoms with Gasteiger partial charge in [-0.1, -0.05) is 28.2 Å². The summed E-state index contributed by atoms with van der Waals surface area (Å²) in [5, 5.41) is 2.36. The van der Waals surface area contributed by atoms with Gasteiger partial charge in [-0.05, 0) is 11.8 Å². The monoisotopic (exact) mass is 185 g/mol. The van der Waals surface area contributed by atoms with Crippen LogP contribution in [0.3, 0.4) is 0 Å². The molecule has 2 amide bonds. The molecule has 0 saturated carbocycles. The van der Waals surface area contributed by atoms with Gasteiger partial charge >= 0.3 is 0 Å². The van der Waals surface area contributed by atoms with Crippen molar-refractivity contribution >= 4 is 11.8 Å². The summed E-state index contributed by atoms with van der Waals surface area (Å²) in [6.07, 6.45) is 1.17. The molecule has 0 aromatic heterocycles. The molecule has 3 heteroatoms. The van der Waals surface area contributed by atoms with Crippen molar-refractivity contribution in [1.29, 1.82) is 0 Å². The van der Waals surface area contributed by atoms with Crippen LogP contribution in [-0.4, -0.2) is 11.8 Å². The Morgan fingerprint density at radius 3 is 2.23 bits per heavy atom. The Hall–Kier alpha value is -0.860. The molecule has 1 N–H and O–H groups in total. The van der Waals surface area contributed by atoms with Gasteiger partial charge in [-0.2, -0.15) is 0 Å². The van der Waals surface area contributed by atoms with E-state index < -0.39 is 0 Å². The average molecular weight is 185 g/mol. The Balaban J connectivity index is 0.00000144. The SMILES string of the molecule is C.CC(C)(C)C1CCC(=O)NC1=O. The standard InChI is InChI=1S/C9H15NO2.CH4/c1-9(2,3)6-4-5-7(11)10-8(6)12;/h6H,4-5H2,1-3H3,(H,10,11,12);1H4. The van der Waals surface area contributed by atoms with E-state index in [4.69, 9.17) is 0 Å². The van der Waals surface area contributed by atoms with Crippen LogP contribution in [0, 0.1) is 11.3 Å². The van der Waals surface area contributed by atoms with Gasteiger partial charge in [0.2, 0.25) is 11.8 Å². The second kappa shape index (κ2) is 3.90. The zero-order valence-electron chi connectivity index (χ0n) is 7.81. The van der Waals surface area contributed by atoms with E-state index in [-0.39, 0.29) is 30.6 Å². The molecule has 1 rings (SSSR count). The Bertz CT molecular complexity index is 215. The lowest BCUT2D eigenvalue weighted by Gasteiger charge is -2.31. The molecule has 1 aliphatic rings. The first-order valence-corrected chi connectivity index (χ1v) is 4.25. The fourth-order valence-electron chi connectivity index (χ4n) is 1.52. The van der Waals surface area contributed by atoms with E-state index in [0.29, 0.717) is 12.8 Å². The van der Waals surface area contributed by atoms with Gasteiger partial charge in [-0.3, -0.25) is 14.9 Å². The van der Waals surface area contributed by atoms with E-state index in [1.165, 1.54) is 0 Å². The Kier molecular flexibility index (Phi) is 3.64. The molecule has 1 fully saturated rings. The molecule has 1 heterocycles. The first kappa shape index (κ1) is 12.1. The summed E-state index contributed by atoms with van der Waals surface area (Å²) >= 11 is 0. The van der Waals surface area contributed by atoms with Crippen molar-refractivity contribution in [3.8, 4) is 0 Å². The highest BCUT2D eigenvalue weighted by atomic mass is 16.2. The van der Waals surface area contributed by atoms with Crippen LogP contribution >= 0.6 is 0 Å². The highest BCUT2D eigenvalue weighted by Gasteiger charge is 2.35. The van der Waals surface area contributed by atoms with Crippen molar-refractivity contribution in [2.45, 2.75) is 41.0 Å². The van der Waals surface area contributed by atoms with Crippen molar-refractivity contribution in [3.05, 3.63) is 0 Å². The quantitative estimate of drug-likeness (QED) is 0.584. The van der Waals surface area contributed by atoms with Gasteiger partial charge in [-0.25, -0.2) is 0 Å². The van der Waals surface area contributed by atoms with Gasteiger partial charge in [0.05, 0.1) is 0 Å². The molecule has 1 saturated heterocycles. The molecular weight excluding hydrogens is 166 g/mol. The summed E-state index contributed by atoms with van der Waals surface area (Å²) in [7, 11) is 0. The summed E-state index contributed by atoms with van der Waals surface area (Å²) < 4.78 is 0. The van der Waals surface area contributed by atoms with Gasteiger partial charge in [0, 0.05) is 12.3 Å². The number of carbonyl (C=O) groups is 2. The van der Waals surface area contributed by atoms with Crippen LogP contribution < -0.4 is 5.32 Å². The number of amides is 2. The van der Waals surface area contributed by atoms with Crippen molar-refractivity contribution in [3.63, 3.8) is 0 Å². The van der Waals surface area contributed by atoms with E-state index >= 15 is 0 Å². The topological polar surface area (TPSA) is 46.2 Å². The van der Waals surface area contributed by atoms with E-state index in [2.05, 4.69) is 5.32 Å². The minimum Gasteiger partial charge on any atom is -0.296 e. The fraction of sp³-hybridized carbons (Fsp3) is 0.800. The number of rotatable bonds is 0. The van der Waals surface area contributed by atoms with Crippen LogP contribution in [0.25, 0.3) is 0 Å². The predicted octanol–water partition coefficient (Wildman–Crippen LogP) is 1.72. The zero-order valence-corrected chi connectivity index (χ0v) is 7.81. The van der Waals surface area contributed by atoms with Crippen LogP contribution in [0.15, 0.2) is 0 Å². The summed E-state index contributed by atoms with van der Waals surface area (Å²) in [5.41, 5.74) is -0.0369. The third kappa shape index (κ3) is 2.83. The fourth-order valence-corrected chi connectivity index (χ4v) is 1.52. The predicted molar refractivity (Wildman–Crippen MR) is 52.1 cm³/mol. The summed E-state index contributed by atoms with van der Waals surface area (Å²) in [6, 6.07) is 0. The largest absolute Gasteiger partial charge is 0.296 e. The second-order valence-electron chi connectivity index (χ2n) is 4.37. The van der Waals surface area contributed by atoms with Crippen LogP contribution in [0.2, 0.25) is 0 Å². The van der Waals surface area contributed by atoms with Crippen LogP contribution in [0.5, 0.6) is 0 Å². The first-order chi connectivity index (χ1) is 5.41. The number of piperidine rings is 1. The molecule has 1 aliphatic heterocycles. The van der Waals surface area contributed by atoms with Gasteiger partial charge in [-0.15, -0.1) is 0 Å². The third-order valence-corrected chi connectivity index (χ3v) is 2.28. The Labute approximate surface area is 79.9 Å². The van der Waals surface area contributed by atoms with Crippen molar-refractivity contribution in [2.24, 2.45) is 11.3 Å². The van der Waals surface area contributed by atoms with E-state index in [0.717, 1.165) is 0 Å². The average Bonchev–Trinajstić information content (AvgIpc) is 1.83. The lowest BCUT2D eigenvalue weighted by molar-refractivity contribution is -0.139. The van der Waals surface area contributed by atoms with Crippen molar-refractivity contribution in [1.82, 2.24) is 5.32 Å². The maximum Gasteiger partial charge on any atom is 0.230 e. The molecule has 0 aliphatic carbocycles. The number of nitrogens with one attached hydrogen (secondary N) is 1. The molecular formula is C10H19NO2. The Morgan fingerprint density at radius 2 is 1.85 bits per heavy atom. The van der Waals surface area contributed by atoms with Gasteiger partial charge in [0.15, 0.2) is 0 Å². The molecule has 0 bridgehead atoms. The molecule has 0 aromatic rings. The second-order valence-corrected chi connectivity index (χ2v) is 4.37. The van der Waals surface area contributed by atoms with Gasteiger partial charge in [0.1, 0.15) is 0 Å². The lowest BCUT2D eigenvalue weighted by atomic mass is 9.76. The lowest BCUT2D eigenvalue weighted by Crippen LogP contribution is -2.45. The molecule has 1 atom stereocenters. The number of hydrogen-bond acceptors (Lipinski definition) is 2. The molecule has 3 nitrogen and oxygen atoms in total.